The number of hydrogen-bond acceptors (Lipinski definition) is 6. The second-order valence-corrected chi connectivity index (χ2v) is 5.88. The highest BCUT2D eigenvalue weighted by Crippen LogP contribution is 2.37. The van der Waals surface area contributed by atoms with E-state index in [0.29, 0.717) is 28.5 Å². The third-order valence-electron chi connectivity index (χ3n) is 3.99. The predicted octanol–water partition coefficient (Wildman–Crippen LogP) is 2.42. The molecule has 0 aliphatic carbocycles. The highest BCUT2D eigenvalue weighted by molar-refractivity contribution is 6.39. The van der Waals surface area contributed by atoms with Crippen LogP contribution in [-0.4, -0.2) is 39.4 Å². The molecular weight excluding hydrogens is 362 g/mol. The predicted molar refractivity (Wildman–Crippen MR) is 106 cm³/mol. The Kier molecular flexibility index (Phi) is 6.97. The van der Waals surface area contributed by atoms with Crippen LogP contribution >= 0.6 is 0 Å². The standard InChI is InChI=1S/C20H23N3O5/c1-12-7-6-8-13(2)17(12)22-19(24)20(25)23-21-11-14-9-15(26-3)18(28-5)16(10-14)27-4/h6-11H,1-5H3,(H,22,24)(H,23,25). The van der Waals surface area contributed by atoms with E-state index in [1.165, 1.54) is 27.5 Å². The number of carbonyl (C=O) groups excluding carboxylic acids is 2. The van der Waals surface area contributed by atoms with E-state index in [4.69, 9.17) is 14.2 Å². The normalized spacial score (nSPS) is 10.5. The van der Waals surface area contributed by atoms with Crippen LogP contribution < -0.4 is 25.0 Å². The van der Waals surface area contributed by atoms with Crippen molar-refractivity contribution in [2.75, 3.05) is 26.6 Å². The van der Waals surface area contributed by atoms with E-state index >= 15 is 0 Å². The molecular formula is C20H23N3O5. The Morgan fingerprint density at radius 1 is 0.929 bits per heavy atom. The molecule has 28 heavy (non-hydrogen) atoms. The highest BCUT2D eigenvalue weighted by atomic mass is 16.5. The second kappa shape index (κ2) is 9.40. The van der Waals surface area contributed by atoms with Crippen molar-refractivity contribution in [1.29, 1.82) is 0 Å². The molecule has 0 aliphatic rings. The lowest BCUT2D eigenvalue weighted by molar-refractivity contribution is -0.136. The molecule has 0 spiro atoms. The molecule has 0 fully saturated rings. The Morgan fingerprint density at radius 2 is 1.50 bits per heavy atom. The zero-order chi connectivity index (χ0) is 20.7. The maximum Gasteiger partial charge on any atom is 0.329 e. The molecule has 0 unspecified atom stereocenters. The lowest BCUT2D eigenvalue weighted by Gasteiger charge is -2.12. The van der Waals surface area contributed by atoms with Crippen molar-refractivity contribution in [3.05, 3.63) is 47.0 Å². The van der Waals surface area contributed by atoms with Gasteiger partial charge in [-0.05, 0) is 37.1 Å². The maximum atomic E-state index is 12.1. The van der Waals surface area contributed by atoms with Crippen molar-refractivity contribution in [1.82, 2.24) is 5.43 Å². The first-order valence-corrected chi connectivity index (χ1v) is 8.41. The minimum absolute atomic E-state index is 0.444. The Morgan fingerprint density at radius 3 is 2.00 bits per heavy atom. The van der Waals surface area contributed by atoms with Crippen LogP contribution in [0, 0.1) is 13.8 Å². The SMILES string of the molecule is COc1cc(C=NNC(=O)C(=O)Nc2c(C)cccc2C)cc(OC)c1OC. The van der Waals surface area contributed by atoms with E-state index in [-0.39, 0.29) is 0 Å². The summed E-state index contributed by atoms with van der Waals surface area (Å²) in [5.41, 5.74) is 5.12. The van der Waals surface area contributed by atoms with Crippen LogP contribution in [-0.2, 0) is 9.59 Å². The minimum atomic E-state index is -0.883. The number of benzene rings is 2. The van der Waals surface area contributed by atoms with Gasteiger partial charge in [-0.3, -0.25) is 9.59 Å². The largest absolute Gasteiger partial charge is 0.493 e. The molecule has 2 rings (SSSR count). The van der Waals surface area contributed by atoms with Crippen LogP contribution in [0.2, 0.25) is 0 Å². The van der Waals surface area contributed by atoms with E-state index in [2.05, 4.69) is 15.8 Å². The first kappa shape index (κ1) is 20.8. The molecule has 0 heterocycles. The summed E-state index contributed by atoms with van der Waals surface area (Å²) < 4.78 is 15.8. The fourth-order valence-electron chi connectivity index (χ4n) is 2.57. The Labute approximate surface area is 163 Å². The molecule has 148 valence electrons. The van der Waals surface area contributed by atoms with Crippen molar-refractivity contribution >= 4 is 23.7 Å². The topological polar surface area (TPSA) is 98.2 Å². The van der Waals surface area contributed by atoms with Gasteiger partial charge in [0.2, 0.25) is 5.75 Å². The van der Waals surface area contributed by atoms with Gasteiger partial charge in [0.05, 0.1) is 27.5 Å². The number of nitrogens with zero attached hydrogens (tertiary/aromatic N) is 1. The summed E-state index contributed by atoms with van der Waals surface area (Å²) in [5, 5.41) is 6.42. The Bertz CT molecular complexity index is 863. The fourth-order valence-corrected chi connectivity index (χ4v) is 2.57. The molecule has 2 aromatic carbocycles. The van der Waals surface area contributed by atoms with Crippen LogP contribution in [0.3, 0.4) is 0 Å². The van der Waals surface area contributed by atoms with Crippen LogP contribution in [0.4, 0.5) is 5.69 Å². The summed E-state index contributed by atoms with van der Waals surface area (Å²) in [5.74, 6) is -0.352. The molecule has 0 radical (unpaired) electrons. The Balaban J connectivity index is 2.08. The van der Waals surface area contributed by atoms with Gasteiger partial charge < -0.3 is 19.5 Å². The summed E-state index contributed by atoms with van der Waals surface area (Å²) >= 11 is 0. The van der Waals surface area contributed by atoms with Crippen LogP contribution in [0.1, 0.15) is 16.7 Å². The molecule has 8 nitrogen and oxygen atoms in total. The summed E-state index contributed by atoms with van der Waals surface area (Å²) in [4.78, 5) is 24.1. The monoisotopic (exact) mass is 385 g/mol. The zero-order valence-corrected chi connectivity index (χ0v) is 16.5. The van der Waals surface area contributed by atoms with Crippen LogP contribution in [0.5, 0.6) is 17.2 Å². The van der Waals surface area contributed by atoms with E-state index in [1.54, 1.807) is 12.1 Å². The molecule has 2 aromatic rings. The Hall–Kier alpha value is -3.55. The third-order valence-corrected chi connectivity index (χ3v) is 3.99. The molecule has 0 saturated heterocycles. The lowest BCUT2D eigenvalue weighted by Crippen LogP contribution is -2.32. The molecule has 2 amide bonds. The van der Waals surface area contributed by atoms with Gasteiger partial charge in [0, 0.05) is 11.3 Å². The third kappa shape index (κ3) is 4.79. The number of nitrogens with one attached hydrogen (secondary N) is 2. The molecule has 0 atom stereocenters. The quantitative estimate of drug-likeness (QED) is 0.452. The van der Waals surface area contributed by atoms with Crippen molar-refractivity contribution in [3.8, 4) is 17.2 Å². The van der Waals surface area contributed by atoms with Crippen LogP contribution in [0.15, 0.2) is 35.4 Å². The van der Waals surface area contributed by atoms with Gasteiger partial charge in [0.1, 0.15) is 0 Å². The lowest BCUT2D eigenvalue weighted by atomic mass is 10.1. The fraction of sp³-hybridized carbons (Fsp3) is 0.250. The number of ether oxygens (including phenoxy) is 3. The summed E-state index contributed by atoms with van der Waals surface area (Å²) in [6.07, 6.45) is 1.37. The van der Waals surface area contributed by atoms with Gasteiger partial charge in [-0.2, -0.15) is 5.10 Å². The van der Waals surface area contributed by atoms with Gasteiger partial charge in [-0.25, -0.2) is 5.43 Å². The number of hydrazone groups is 1. The summed E-state index contributed by atoms with van der Waals surface area (Å²) in [7, 11) is 4.50. The molecule has 0 aliphatic heterocycles. The average molecular weight is 385 g/mol. The van der Waals surface area contributed by atoms with Crippen molar-refractivity contribution in [3.63, 3.8) is 0 Å². The van der Waals surface area contributed by atoms with E-state index < -0.39 is 11.8 Å². The second-order valence-electron chi connectivity index (χ2n) is 5.88. The number of aryl methyl sites for hydroxylation is 2. The molecule has 0 aromatic heterocycles. The van der Waals surface area contributed by atoms with Crippen molar-refractivity contribution in [2.24, 2.45) is 5.10 Å². The molecule has 8 heteroatoms. The van der Waals surface area contributed by atoms with Crippen LogP contribution in [0.25, 0.3) is 0 Å². The number of anilines is 1. The van der Waals surface area contributed by atoms with Gasteiger partial charge in [0.25, 0.3) is 0 Å². The maximum absolute atomic E-state index is 12.1. The number of rotatable bonds is 6. The number of amides is 2. The summed E-state index contributed by atoms with van der Waals surface area (Å²) in [6.45, 7) is 3.70. The first-order valence-electron chi connectivity index (χ1n) is 8.41. The van der Waals surface area contributed by atoms with Gasteiger partial charge in [0.15, 0.2) is 11.5 Å². The van der Waals surface area contributed by atoms with Gasteiger partial charge in [-0.1, -0.05) is 18.2 Å². The van der Waals surface area contributed by atoms with E-state index in [1.807, 2.05) is 32.0 Å². The number of carbonyl (C=O) groups is 2. The zero-order valence-electron chi connectivity index (χ0n) is 16.5. The van der Waals surface area contributed by atoms with Gasteiger partial charge >= 0.3 is 11.8 Å². The van der Waals surface area contributed by atoms with E-state index in [0.717, 1.165) is 11.1 Å². The molecule has 2 N–H and O–H groups in total. The average Bonchev–Trinajstić information content (AvgIpc) is 2.69. The number of hydrogen-bond donors (Lipinski definition) is 2. The first-order chi connectivity index (χ1) is 13.4. The summed E-state index contributed by atoms with van der Waals surface area (Å²) in [6, 6.07) is 8.90. The highest BCUT2D eigenvalue weighted by Gasteiger charge is 2.15. The van der Waals surface area contributed by atoms with Crippen molar-refractivity contribution in [2.45, 2.75) is 13.8 Å². The van der Waals surface area contributed by atoms with Crippen molar-refractivity contribution < 1.29 is 23.8 Å². The minimum Gasteiger partial charge on any atom is -0.493 e. The molecule has 0 saturated carbocycles. The molecule has 0 bridgehead atoms. The number of para-hydroxylation sites is 1. The number of methoxy groups -OCH3 is 3. The smallest absolute Gasteiger partial charge is 0.329 e. The van der Waals surface area contributed by atoms with Gasteiger partial charge in [-0.15, -0.1) is 0 Å². The van der Waals surface area contributed by atoms with E-state index in [9.17, 15) is 9.59 Å².